The molecule has 4 heterocycles. The number of fused-ring (bicyclic) bond motifs is 2. The SMILES string of the molecule is COC(=O)N[C@H](C(=O)N1C[C@H](OC(=O)N2Cc3cc4c(cc3C2)OCO4)C[C@H]1c1ncc(-c2ccc(Br)cc2)[nH]1)C(C)C. The standard InChI is InChI=1S/C30H32BrN5O7/c1-16(2)26(34-29(38)40-3)28(37)36-14-21(10-23(36)27-32-11-22(33-27)17-4-6-20(31)7-5-17)43-30(39)35-12-18-8-24-25(42-15-41-24)9-19(18)13-35/h4-9,11,16,21,23,26H,10,12-15H2,1-3H3,(H,32,33)(H,34,38)/t21-,23+,26+/m1/s1. The average molecular weight is 655 g/mol. The molecule has 12 nitrogen and oxygen atoms in total. The lowest BCUT2D eigenvalue weighted by atomic mass is 10.0. The summed E-state index contributed by atoms with van der Waals surface area (Å²) in [6.45, 7) is 4.79. The summed E-state index contributed by atoms with van der Waals surface area (Å²) in [7, 11) is 1.25. The Morgan fingerprint density at radius 3 is 2.40 bits per heavy atom. The number of H-pyrrole nitrogens is 1. The lowest BCUT2D eigenvalue weighted by Gasteiger charge is -2.29. The molecule has 0 spiro atoms. The van der Waals surface area contributed by atoms with Crippen molar-refractivity contribution in [2.45, 2.75) is 51.5 Å². The fraction of sp³-hybridized carbons (Fsp3) is 0.400. The summed E-state index contributed by atoms with van der Waals surface area (Å²) >= 11 is 3.45. The van der Waals surface area contributed by atoms with Crippen LogP contribution in [0.5, 0.6) is 11.5 Å². The molecule has 43 heavy (non-hydrogen) atoms. The number of aromatic nitrogens is 2. The smallest absolute Gasteiger partial charge is 0.410 e. The number of imidazole rings is 1. The molecule has 3 aliphatic heterocycles. The Balaban J connectivity index is 1.21. The molecule has 2 aromatic carbocycles. The summed E-state index contributed by atoms with van der Waals surface area (Å²) < 4.78 is 22.7. The molecule has 13 heteroatoms. The minimum Gasteiger partial charge on any atom is -0.454 e. The van der Waals surface area contributed by atoms with Gasteiger partial charge >= 0.3 is 12.2 Å². The lowest BCUT2D eigenvalue weighted by molar-refractivity contribution is -0.135. The highest BCUT2D eigenvalue weighted by molar-refractivity contribution is 9.10. The molecule has 0 unspecified atom stereocenters. The van der Waals surface area contributed by atoms with Crippen molar-refractivity contribution in [1.29, 1.82) is 0 Å². The molecule has 1 aromatic heterocycles. The van der Waals surface area contributed by atoms with Crippen molar-refractivity contribution in [3.05, 3.63) is 64.0 Å². The van der Waals surface area contributed by atoms with Gasteiger partial charge in [-0.3, -0.25) is 9.69 Å². The second-order valence-electron chi connectivity index (χ2n) is 11.1. The van der Waals surface area contributed by atoms with Gasteiger partial charge in [-0.1, -0.05) is 41.9 Å². The highest BCUT2D eigenvalue weighted by Gasteiger charge is 2.43. The van der Waals surface area contributed by atoms with Gasteiger partial charge < -0.3 is 34.1 Å². The Labute approximate surface area is 256 Å². The van der Waals surface area contributed by atoms with Crippen LogP contribution in [0.3, 0.4) is 0 Å². The average Bonchev–Trinajstić information content (AvgIpc) is 3.79. The van der Waals surface area contributed by atoms with E-state index in [9.17, 15) is 14.4 Å². The van der Waals surface area contributed by atoms with Crippen molar-refractivity contribution in [2.24, 2.45) is 5.92 Å². The number of halogens is 1. The number of methoxy groups -OCH3 is 1. The number of likely N-dealkylation sites (tertiary alicyclic amines) is 1. The van der Waals surface area contributed by atoms with Crippen LogP contribution in [0, 0.1) is 5.92 Å². The van der Waals surface area contributed by atoms with E-state index >= 15 is 0 Å². The third kappa shape index (κ3) is 5.85. The molecule has 1 saturated heterocycles. The maximum atomic E-state index is 13.9. The fourth-order valence-corrected chi connectivity index (χ4v) is 5.94. The largest absolute Gasteiger partial charge is 0.454 e. The molecule has 6 rings (SSSR count). The quantitative estimate of drug-likeness (QED) is 0.389. The summed E-state index contributed by atoms with van der Waals surface area (Å²) in [6.07, 6.45) is 0.300. The summed E-state index contributed by atoms with van der Waals surface area (Å²) in [5, 5.41) is 2.66. The van der Waals surface area contributed by atoms with Crippen LogP contribution in [0.4, 0.5) is 9.59 Å². The minimum atomic E-state index is -0.843. The molecule has 3 aromatic rings. The molecule has 0 saturated carbocycles. The van der Waals surface area contributed by atoms with Crippen LogP contribution in [-0.4, -0.2) is 70.5 Å². The number of nitrogens with one attached hydrogen (secondary N) is 2. The van der Waals surface area contributed by atoms with E-state index in [0.717, 1.165) is 26.9 Å². The van der Waals surface area contributed by atoms with Crippen LogP contribution in [-0.2, 0) is 27.4 Å². The second kappa shape index (κ2) is 11.8. The van der Waals surface area contributed by atoms with E-state index in [4.69, 9.17) is 18.9 Å². The van der Waals surface area contributed by atoms with E-state index in [1.807, 2.05) is 50.2 Å². The fourth-order valence-electron chi connectivity index (χ4n) is 5.68. The van der Waals surface area contributed by atoms with Crippen LogP contribution in [0.2, 0.25) is 0 Å². The van der Waals surface area contributed by atoms with E-state index in [1.54, 1.807) is 16.0 Å². The highest BCUT2D eigenvalue weighted by Crippen LogP contribution is 2.39. The van der Waals surface area contributed by atoms with Gasteiger partial charge in [0.1, 0.15) is 18.0 Å². The van der Waals surface area contributed by atoms with E-state index < -0.39 is 30.4 Å². The molecule has 0 aliphatic carbocycles. The Kier molecular flexibility index (Phi) is 7.91. The third-order valence-corrected chi connectivity index (χ3v) is 8.48. The molecular weight excluding hydrogens is 622 g/mol. The zero-order chi connectivity index (χ0) is 30.2. The van der Waals surface area contributed by atoms with Crippen LogP contribution in [0.25, 0.3) is 11.3 Å². The molecule has 226 valence electrons. The first-order chi connectivity index (χ1) is 20.7. The van der Waals surface area contributed by atoms with Crippen LogP contribution in [0.1, 0.15) is 43.3 Å². The van der Waals surface area contributed by atoms with E-state index in [0.29, 0.717) is 36.8 Å². The summed E-state index contributed by atoms with van der Waals surface area (Å²) in [5.41, 5.74) is 3.68. The number of benzene rings is 2. The number of rotatable bonds is 6. The number of hydrogen-bond donors (Lipinski definition) is 2. The van der Waals surface area contributed by atoms with Gasteiger partial charge in [0.2, 0.25) is 12.7 Å². The van der Waals surface area contributed by atoms with Gasteiger partial charge in [0.25, 0.3) is 0 Å². The van der Waals surface area contributed by atoms with Crippen molar-refractivity contribution in [2.75, 3.05) is 20.4 Å². The molecule has 2 N–H and O–H groups in total. The molecule has 3 atom stereocenters. The zero-order valence-corrected chi connectivity index (χ0v) is 25.5. The molecule has 0 radical (unpaired) electrons. The van der Waals surface area contributed by atoms with E-state index in [1.165, 1.54) is 7.11 Å². The monoisotopic (exact) mass is 653 g/mol. The van der Waals surface area contributed by atoms with Gasteiger partial charge in [-0.2, -0.15) is 0 Å². The summed E-state index contributed by atoms with van der Waals surface area (Å²) in [4.78, 5) is 50.5. The second-order valence-corrected chi connectivity index (χ2v) is 12.0. The lowest BCUT2D eigenvalue weighted by Crippen LogP contribution is -2.51. The van der Waals surface area contributed by atoms with Crippen molar-refractivity contribution < 1.29 is 33.3 Å². The number of carbonyl (C=O) groups excluding carboxylic acids is 3. The van der Waals surface area contributed by atoms with Crippen LogP contribution < -0.4 is 14.8 Å². The third-order valence-electron chi connectivity index (χ3n) is 7.95. The van der Waals surface area contributed by atoms with Crippen molar-refractivity contribution >= 4 is 34.0 Å². The number of aromatic amines is 1. The first-order valence-corrected chi connectivity index (χ1v) is 14.8. The number of nitrogens with zero attached hydrogens (tertiary/aromatic N) is 3. The van der Waals surface area contributed by atoms with Crippen molar-refractivity contribution in [3.8, 4) is 22.8 Å². The topological polar surface area (TPSA) is 135 Å². The summed E-state index contributed by atoms with van der Waals surface area (Å²) in [6, 6.07) is 10.2. The highest BCUT2D eigenvalue weighted by atomic mass is 79.9. The maximum Gasteiger partial charge on any atom is 0.410 e. The number of carbonyl (C=O) groups is 3. The number of alkyl carbamates (subject to hydrolysis) is 1. The molecule has 3 amide bonds. The Morgan fingerprint density at radius 1 is 1.09 bits per heavy atom. The summed E-state index contributed by atoms with van der Waals surface area (Å²) in [5.74, 6) is 1.37. The number of hydrogen-bond acceptors (Lipinski definition) is 8. The van der Waals surface area contributed by atoms with Crippen LogP contribution >= 0.6 is 15.9 Å². The van der Waals surface area contributed by atoms with Gasteiger partial charge in [0, 0.05) is 24.0 Å². The Bertz CT molecular complexity index is 1510. The van der Waals surface area contributed by atoms with E-state index in [-0.39, 0.29) is 25.2 Å². The van der Waals surface area contributed by atoms with E-state index in [2.05, 4.69) is 31.2 Å². The van der Waals surface area contributed by atoms with Crippen LogP contribution in [0.15, 0.2) is 47.1 Å². The molecular formula is C30H32BrN5O7. The predicted octanol–water partition coefficient (Wildman–Crippen LogP) is 4.74. The molecule has 1 fully saturated rings. The first-order valence-electron chi connectivity index (χ1n) is 14.0. The van der Waals surface area contributed by atoms with Gasteiger partial charge in [0.05, 0.1) is 31.6 Å². The Morgan fingerprint density at radius 2 is 1.77 bits per heavy atom. The normalized spacial score (nSPS) is 19.4. The molecule has 0 bridgehead atoms. The van der Waals surface area contributed by atoms with Crippen molar-refractivity contribution in [3.63, 3.8) is 0 Å². The van der Waals surface area contributed by atoms with Gasteiger partial charge in [0.15, 0.2) is 11.5 Å². The predicted molar refractivity (Wildman–Crippen MR) is 157 cm³/mol. The minimum absolute atomic E-state index is 0.145. The Hall–Kier alpha value is -4.26. The molecule has 3 aliphatic rings. The van der Waals surface area contributed by atoms with Gasteiger partial charge in [-0.05, 0) is 46.9 Å². The maximum absolute atomic E-state index is 13.9. The van der Waals surface area contributed by atoms with Gasteiger partial charge in [-0.15, -0.1) is 0 Å². The zero-order valence-electron chi connectivity index (χ0n) is 24.0. The van der Waals surface area contributed by atoms with Crippen molar-refractivity contribution in [1.82, 2.24) is 25.1 Å². The number of ether oxygens (including phenoxy) is 4. The first kappa shape index (κ1) is 28.8. The van der Waals surface area contributed by atoms with Gasteiger partial charge in [-0.25, -0.2) is 14.6 Å². The number of amides is 3.